The van der Waals surface area contributed by atoms with Crippen LogP contribution in [0.3, 0.4) is 0 Å². The second-order valence-corrected chi connectivity index (χ2v) is 7.57. The van der Waals surface area contributed by atoms with Gasteiger partial charge in [-0.15, -0.1) is 23.2 Å². The van der Waals surface area contributed by atoms with Crippen LogP contribution in [0.25, 0.3) is 0 Å². The molecule has 23 heavy (non-hydrogen) atoms. The van der Waals surface area contributed by atoms with Gasteiger partial charge in [0.15, 0.2) is 0 Å². The molecule has 2 aliphatic rings. The Kier molecular flexibility index (Phi) is 3.92. The normalized spacial score (nSPS) is 25.5. The molecule has 1 saturated heterocycles. The third kappa shape index (κ3) is 3.10. The summed E-state index contributed by atoms with van der Waals surface area (Å²) in [6.45, 7) is 2.32. The van der Waals surface area contributed by atoms with Gasteiger partial charge in [0.05, 0.1) is 18.5 Å². The SMILES string of the molecule is C[C@@]1(C(=O)N2CC(OC(=O)Nc3cccc(F)c3)C2)CC1(Cl)Cl. The molecule has 1 heterocycles. The first-order valence-corrected chi connectivity index (χ1v) is 7.87. The minimum absolute atomic E-state index is 0.132. The van der Waals surface area contributed by atoms with Gasteiger partial charge in [-0.1, -0.05) is 6.07 Å². The summed E-state index contributed by atoms with van der Waals surface area (Å²) in [5, 5.41) is 2.43. The molecule has 1 aliphatic carbocycles. The highest BCUT2D eigenvalue weighted by Crippen LogP contribution is 2.64. The van der Waals surface area contributed by atoms with Crippen LogP contribution in [-0.4, -0.2) is 40.4 Å². The number of rotatable bonds is 3. The number of amides is 2. The molecule has 1 aromatic rings. The van der Waals surface area contributed by atoms with Crippen LogP contribution in [0.5, 0.6) is 0 Å². The van der Waals surface area contributed by atoms with Gasteiger partial charge in [0, 0.05) is 5.69 Å². The number of benzene rings is 1. The van der Waals surface area contributed by atoms with Crippen molar-refractivity contribution in [3.8, 4) is 0 Å². The standard InChI is InChI=1S/C15H15Cl2FN2O3/c1-14(8-15(14,16)17)12(21)20-6-11(7-20)23-13(22)19-10-4-2-3-9(18)5-10/h2-5,11H,6-8H2,1H3,(H,19,22)/t14-/m0/s1. The lowest BCUT2D eigenvalue weighted by molar-refractivity contribution is -0.146. The molecule has 0 unspecified atom stereocenters. The van der Waals surface area contributed by atoms with Gasteiger partial charge in [-0.05, 0) is 31.5 Å². The van der Waals surface area contributed by atoms with Crippen LogP contribution in [0.1, 0.15) is 13.3 Å². The van der Waals surface area contributed by atoms with Crippen LogP contribution >= 0.6 is 23.2 Å². The number of alkyl halides is 2. The molecule has 1 aliphatic heterocycles. The molecule has 1 saturated carbocycles. The minimum Gasteiger partial charge on any atom is -0.442 e. The van der Waals surface area contributed by atoms with Crippen LogP contribution in [0.15, 0.2) is 24.3 Å². The lowest BCUT2D eigenvalue weighted by Crippen LogP contribution is -2.57. The first-order chi connectivity index (χ1) is 10.7. The summed E-state index contributed by atoms with van der Waals surface area (Å²) in [4.78, 5) is 25.5. The zero-order valence-corrected chi connectivity index (χ0v) is 13.8. The van der Waals surface area contributed by atoms with E-state index in [0.29, 0.717) is 25.2 Å². The summed E-state index contributed by atoms with van der Waals surface area (Å²) in [6, 6.07) is 5.50. The van der Waals surface area contributed by atoms with E-state index in [-0.39, 0.29) is 5.91 Å². The molecule has 1 aromatic carbocycles. The molecule has 2 amide bonds. The van der Waals surface area contributed by atoms with Gasteiger partial charge in [-0.2, -0.15) is 0 Å². The molecular weight excluding hydrogens is 346 g/mol. The van der Waals surface area contributed by atoms with E-state index >= 15 is 0 Å². The summed E-state index contributed by atoms with van der Waals surface area (Å²) in [6.07, 6.45) is -0.659. The average Bonchev–Trinajstić information content (AvgIpc) is 2.93. The fourth-order valence-corrected chi connectivity index (χ4v) is 3.22. The number of carbonyl (C=O) groups is 2. The maximum absolute atomic E-state index is 13.0. The molecule has 0 aromatic heterocycles. The Morgan fingerprint density at radius 2 is 2.04 bits per heavy atom. The Balaban J connectivity index is 1.45. The van der Waals surface area contributed by atoms with Crippen LogP contribution in [0.2, 0.25) is 0 Å². The molecular formula is C15H15Cl2FN2O3. The van der Waals surface area contributed by atoms with Crippen molar-refractivity contribution in [2.24, 2.45) is 5.41 Å². The Bertz CT molecular complexity index is 664. The van der Waals surface area contributed by atoms with Gasteiger partial charge in [-0.3, -0.25) is 10.1 Å². The zero-order valence-electron chi connectivity index (χ0n) is 12.3. The van der Waals surface area contributed by atoms with E-state index < -0.39 is 27.8 Å². The molecule has 1 atom stereocenters. The summed E-state index contributed by atoms with van der Waals surface area (Å²) in [5.74, 6) is -0.584. The zero-order chi connectivity index (χ0) is 16.8. The summed E-state index contributed by atoms with van der Waals surface area (Å²) < 4.78 is 17.2. The third-order valence-electron chi connectivity index (χ3n) is 4.21. The van der Waals surface area contributed by atoms with Crippen molar-refractivity contribution >= 4 is 40.9 Å². The fraction of sp³-hybridized carbons (Fsp3) is 0.467. The lowest BCUT2D eigenvalue weighted by Gasteiger charge is -2.40. The molecule has 2 fully saturated rings. The van der Waals surface area contributed by atoms with E-state index in [2.05, 4.69) is 5.32 Å². The van der Waals surface area contributed by atoms with Gasteiger partial charge in [0.25, 0.3) is 0 Å². The van der Waals surface area contributed by atoms with Crippen LogP contribution < -0.4 is 5.32 Å². The largest absolute Gasteiger partial charge is 0.442 e. The van der Waals surface area contributed by atoms with Gasteiger partial charge in [0.2, 0.25) is 5.91 Å². The van der Waals surface area contributed by atoms with Crippen molar-refractivity contribution in [3.63, 3.8) is 0 Å². The van der Waals surface area contributed by atoms with Gasteiger partial charge in [-0.25, -0.2) is 9.18 Å². The van der Waals surface area contributed by atoms with E-state index in [1.165, 1.54) is 18.2 Å². The topological polar surface area (TPSA) is 58.6 Å². The monoisotopic (exact) mass is 360 g/mol. The number of ether oxygens (including phenoxy) is 1. The second-order valence-electron chi connectivity index (χ2n) is 6.09. The molecule has 5 nitrogen and oxygen atoms in total. The minimum atomic E-state index is -1.01. The number of likely N-dealkylation sites (tertiary alicyclic amines) is 1. The van der Waals surface area contributed by atoms with E-state index in [4.69, 9.17) is 27.9 Å². The number of hydrogen-bond acceptors (Lipinski definition) is 3. The predicted octanol–water partition coefficient (Wildman–Crippen LogP) is 3.17. The first-order valence-electron chi connectivity index (χ1n) is 7.12. The maximum atomic E-state index is 13.0. The first kappa shape index (κ1) is 16.3. The van der Waals surface area contributed by atoms with Crippen molar-refractivity contribution in [2.75, 3.05) is 18.4 Å². The number of anilines is 1. The Morgan fingerprint density at radius 3 is 2.61 bits per heavy atom. The summed E-state index contributed by atoms with van der Waals surface area (Å²) >= 11 is 12.0. The van der Waals surface area contributed by atoms with Gasteiger partial charge >= 0.3 is 6.09 Å². The summed E-state index contributed by atoms with van der Waals surface area (Å²) in [7, 11) is 0. The Labute approximate surface area is 142 Å². The molecule has 0 radical (unpaired) electrons. The van der Waals surface area contributed by atoms with Crippen LogP contribution in [0, 0.1) is 11.2 Å². The fourth-order valence-electron chi connectivity index (χ4n) is 2.52. The second kappa shape index (κ2) is 5.53. The van der Waals surface area contributed by atoms with Crippen molar-refractivity contribution < 1.29 is 18.7 Å². The number of nitrogens with one attached hydrogen (secondary N) is 1. The van der Waals surface area contributed by atoms with Gasteiger partial charge in [0.1, 0.15) is 16.3 Å². The van der Waals surface area contributed by atoms with Crippen molar-refractivity contribution in [2.45, 2.75) is 23.8 Å². The van der Waals surface area contributed by atoms with Crippen LogP contribution in [-0.2, 0) is 9.53 Å². The highest BCUT2D eigenvalue weighted by molar-refractivity contribution is 6.53. The maximum Gasteiger partial charge on any atom is 0.412 e. The number of carbonyl (C=O) groups excluding carboxylic acids is 2. The van der Waals surface area contributed by atoms with Crippen molar-refractivity contribution in [3.05, 3.63) is 30.1 Å². The molecule has 1 N–H and O–H groups in total. The number of hydrogen-bond donors (Lipinski definition) is 1. The van der Waals surface area contributed by atoms with E-state index in [0.717, 1.165) is 0 Å². The molecule has 3 rings (SSSR count). The highest BCUT2D eigenvalue weighted by Gasteiger charge is 2.69. The highest BCUT2D eigenvalue weighted by atomic mass is 35.5. The Morgan fingerprint density at radius 1 is 1.39 bits per heavy atom. The predicted molar refractivity (Wildman–Crippen MR) is 84.0 cm³/mol. The van der Waals surface area contributed by atoms with Gasteiger partial charge < -0.3 is 9.64 Å². The average molecular weight is 361 g/mol. The molecule has 8 heteroatoms. The van der Waals surface area contributed by atoms with E-state index in [1.54, 1.807) is 17.9 Å². The molecule has 124 valence electrons. The van der Waals surface area contributed by atoms with E-state index in [9.17, 15) is 14.0 Å². The van der Waals surface area contributed by atoms with Crippen molar-refractivity contribution in [1.82, 2.24) is 4.90 Å². The smallest absolute Gasteiger partial charge is 0.412 e. The third-order valence-corrected chi connectivity index (χ3v) is 5.31. The number of halogens is 3. The molecule has 0 spiro atoms. The number of nitrogens with zero attached hydrogens (tertiary/aromatic N) is 1. The Hall–Kier alpha value is -1.53. The van der Waals surface area contributed by atoms with Crippen LogP contribution in [0.4, 0.5) is 14.9 Å². The summed E-state index contributed by atoms with van der Waals surface area (Å²) in [5.41, 5.74) is -0.452. The van der Waals surface area contributed by atoms with E-state index in [1.807, 2.05) is 0 Å². The quantitative estimate of drug-likeness (QED) is 0.842. The molecule has 0 bridgehead atoms. The lowest BCUT2D eigenvalue weighted by atomic mass is 10.0. The van der Waals surface area contributed by atoms with Crippen molar-refractivity contribution in [1.29, 1.82) is 0 Å².